The fourth-order valence-corrected chi connectivity index (χ4v) is 3.02. The first-order valence-electron chi connectivity index (χ1n) is 5.50. The van der Waals surface area contributed by atoms with Crippen molar-refractivity contribution in [1.82, 2.24) is 5.32 Å². The lowest BCUT2D eigenvalue weighted by Crippen LogP contribution is -2.32. The largest absolute Gasteiger partial charge is 0.349 e. The van der Waals surface area contributed by atoms with Gasteiger partial charge in [-0.3, -0.25) is 4.79 Å². The first-order chi connectivity index (χ1) is 7.16. The molecular formula is C12H17NOS. The second kappa shape index (κ2) is 4.35. The highest BCUT2D eigenvalue weighted by atomic mass is 32.1. The highest BCUT2D eigenvalue weighted by Crippen LogP contribution is 2.25. The van der Waals surface area contributed by atoms with Crippen molar-refractivity contribution in [2.24, 2.45) is 5.92 Å². The smallest absolute Gasteiger partial charge is 0.252 e. The molecule has 1 fully saturated rings. The molecule has 2 unspecified atom stereocenters. The zero-order valence-corrected chi connectivity index (χ0v) is 10.1. The van der Waals surface area contributed by atoms with Crippen LogP contribution in [0.5, 0.6) is 0 Å². The molecule has 1 aliphatic rings. The van der Waals surface area contributed by atoms with Crippen LogP contribution in [0.1, 0.15) is 42.1 Å². The molecule has 0 bridgehead atoms. The Hall–Kier alpha value is -0.830. The Morgan fingerprint density at radius 2 is 2.27 bits per heavy atom. The van der Waals surface area contributed by atoms with E-state index in [1.54, 1.807) is 11.3 Å². The van der Waals surface area contributed by atoms with Gasteiger partial charge in [0.15, 0.2) is 0 Å². The molecule has 1 aromatic heterocycles. The second-order valence-electron chi connectivity index (χ2n) is 4.56. The van der Waals surface area contributed by atoms with E-state index in [4.69, 9.17) is 0 Å². The molecular weight excluding hydrogens is 206 g/mol. The van der Waals surface area contributed by atoms with Gasteiger partial charge in [-0.1, -0.05) is 6.92 Å². The topological polar surface area (TPSA) is 29.1 Å². The van der Waals surface area contributed by atoms with Crippen molar-refractivity contribution in [3.8, 4) is 0 Å². The SMILES string of the molecule is Cc1cscc1C(=O)NC1CCC(C)C1. The van der Waals surface area contributed by atoms with Gasteiger partial charge in [0.1, 0.15) is 0 Å². The third-order valence-electron chi connectivity index (χ3n) is 3.13. The highest BCUT2D eigenvalue weighted by Gasteiger charge is 2.23. The van der Waals surface area contributed by atoms with Crippen LogP contribution in [0.2, 0.25) is 0 Å². The number of hydrogen-bond acceptors (Lipinski definition) is 2. The summed E-state index contributed by atoms with van der Waals surface area (Å²) in [5.74, 6) is 0.867. The van der Waals surface area contributed by atoms with Gasteiger partial charge in [-0.15, -0.1) is 0 Å². The van der Waals surface area contributed by atoms with Crippen molar-refractivity contribution in [2.75, 3.05) is 0 Å². The summed E-state index contributed by atoms with van der Waals surface area (Å²) in [6.07, 6.45) is 3.51. The molecule has 0 spiro atoms. The van der Waals surface area contributed by atoms with Gasteiger partial charge < -0.3 is 5.32 Å². The minimum Gasteiger partial charge on any atom is -0.349 e. The van der Waals surface area contributed by atoms with Gasteiger partial charge in [0.25, 0.3) is 5.91 Å². The van der Waals surface area contributed by atoms with Gasteiger partial charge >= 0.3 is 0 Å². The monoisotopic (exact) mass is 223 g/mol. The number of carbonyl (C=O) groups is 1. The van der Waals surface area contributed by atoms with Crippen molar-refractivity contribution in [3.05, 3.63) is 21.9 Å². The molecule has 1 aromatic rings. The van der Waals surface area contributed by atoms with Gasteiger partial charge in [-0.2, -0.15) is 11.3 Å². The van der Waals surface area contributed by atoms with E-state index in [1.165, 1.54) is 6.42 Å². The Morgan fingerprint density at radius 1 is 1.47 bits per heavy atom. The highest BCUT2D eigenvalue weighted by molar-refractivity contribution is 7.08. The van der Waals surface area contributed by atoms with Crippen LogP contribution in [-0.4, -0.2) is 11.9 Å². The standard InChI is InChI=1S/C12H17NOS/c1-8-3-4-10(5-8)13-12(14)11-7-15-6-9(11)2/h6-8,10H,3-5H2,1-2H3,(H,13,14). The molecule has 1 amide bonds. The number of thiophene rings is 1. The second-order valence-corrected chi connectivity index (χ2v) is 5.30. The Labute approximate surface area is 94.7 Å². The summed E-state index contributed by atoms with van der Waals surface area (Å²) in [5.41, 5.74) is 1.93. The molecule has 2 rings (SSSR count). The van der Waals surface area contributed by atoms with Crippen molar-refractivity contribution < 1.29 is 4.79 Å². The van der Waals surface area contributed by atoms with E-state index in [9.17, 15) is 4.79 Å². The van der Waals surface area contributed by atoms with E-state index in [-0.39, 0.29) is 5.91 Å². The number of hydrogen-bond donors (Lipinski definition) is 1. The maximum Gasteiger partial charge on any atom is 0.252 e. The lowest BCUT2D eigenvalue weighted by atomic mass is 10.1. The van der Waals surface area contributed by atoms with Crippen LogP contribution < -0.4 is 5.32 Å². The van der Waals surface area contributed by atoms with E-state index in [0.717, 1.165) is 29.9 Å². The molecule has 1 aliphatic carbocycles. The molecule has 0 saturated heterocycles. The first-order valence-corrected chi connectivity index (χ1v) is 6.44. The molecule has 2 atom stereocenters. The van der Waals surface area contributed by atoms with Crippen LogP contribution in [0, 0.1) is 12.8 Å². The van der Waals surface area contributed by atoms with Crippen LogP contribution >= 0.6 is 11.3 Å². The fraction of sp³-hybridized carbons (Fsp3) is 0.583. The number of carbonyl (C=O) groups excluding carboxylic acids is 1. The van der Waals surface area contributed by atoms with Crippen LogP contribution in [0.25, 0.3) is 0 Å². The molecule has 1 heterocycles. The third kappa shape index (κ3) is 2.40. The maximum absolute atomic E-state index is 11.9. The van der Waals surface area contributed by atoms with Gasteiger partial charge in [0.2, 0.25) is 0 Å². The van der Waals surface area contributed by atoms with Crippen molar-refractivity contribution >= 4 is 17.2 Å². The zero-order valence-electron chi connectivity index (χ0n) is 9.25. The predicted molar refractivity (Wildman–Crippen MR) is 63.3 cm³/mol. The van der Waals surface area contributed by atoms with E-state index in [0.29, 0.717) is 6.04 Å². The average molecular weight is 223 g/mol. The molecule has 15 heavy (non-hydrogen) atoms. The number of rotatable bonds is 2. The summed E-state index contributed by atoms with van der Waals surface area (Å²) in [4.78, 5) is 11.9. The Morgan fingerprint density at radius 3 is 2.80 bits per heavy atom. The van der Waals surface area contributed by atoms with Crippen molar-refractivity contribution in [2.45, 2.75) is 39.2 Å². The molecule has 3 heteroatoms. The van der Waals surface area contributed by atoms with E-state index in [1.807, 2.05) is 17.7 Å². The first kappa shape index (κ1) is 10.7. The van der Waals surface area contributed by atoms with Crippen molar-refractivity contribution in [3.63, 3.8) is 0 Å². The summed E-state index contributed by atoms with van der Waals surface area (Å²) >= 11 is 1.59. The average Bonchev–Trinajstić information content (AvgIpc) is 2.75. The molecule has 1 saturated carbocycles. The lowest BCUT2D eigenvalue weighted by Gasteiger charge is -2.12. The quantitative estimate of drug-likeness (QED) is 0.820. The van der Waals surface area contributed by atoms with Gasteiger partial charge in [-0.05, 0) is 43.0 Å². The Bertz CT molecular complexity index is 358. The zero-order chi connectivity index (χ0) is 10.8. The van der Waals surface area contributed by atoms with Gasteiger partial charge in [-0.25, -0.2) is 0 Å². The van der Waals surface area contributed by atoms with Crippen LogP contribution in [0.15, 0.2) is 10.8 Å². The van der Waals surface area contributed by atoms with Crippen LogP contribution in [0.4, 0.5) is 0 Å². The third-order valence-corrected chi connectivity index (χ3v) is 3.99. The Kier molecular flexibility index (Phi) is 3.10. The van der Waals surface area contributed by atoms with Gasteiger partial charge in [0.05, 0.1) is 5.56 Å². The number of amides is 1. The molecule has 0 aliphatic heterocycles. The van der Waals surface area contributed by atoms with Crippen molar-refractivity contribution in [1.29, 1.82) is 0 Å². The minimum atomic E-state index is 0.104. The predicted octanol–water partition coefficient (Wildman–Crippen LogP) is 2.97. The van der Waals surface area contributed by atoms with Crippen LogP contribution in [-0.2, 0) is 0 Å². The van der Waals surface area contributed by atoms with E-state index < -0.39 is 0 Å². The normalized spacial score (nSPS) is 25.5. The molecule has 0 radical (unpaired) electrons. The fourth-order valence-electron chi connectivity index (χ4n) is 2.19. The molecule has 0 aromatic carbocycles. The summed E-state index contributed by atoms with van der Waals surface area (Å²) in [6, 6.07) is 0.395. The summed E-state index contributed by atoms with van der Waals surface area (Å²) in [7, 11) is 0. The minimum absolute atomic E-state index is 0.104. The Balaban J connectivity index is 1.96. The molecule has 82 valence electrons. The van der Waals surface area contributed by atoms with E-state index >= 15 is 0 Å². The summed E-state index contributed by atoms with van der Waals surface area (Å²) in [6.45, 7) is 4.24. The van der Waals surface area contributed by atoms with Crippen LogP contribution in [0.3, 0.4) is 0 Å². The number of nitrogens with one attached hydrogen (secondary N) is 1. The van der Waals surface area contributed by atoms with E-state index in [2.05, 4.69) is 12.2 Å². The summed E-state index contributed by atoms with van der Waals surface area (Å²) < 4.78 is 0. The van der Waals surface area contributed by atoms with Gasteiger partial charge in [0, 0.05) is 11.4 Å². The maximum atomic E-state index is 11.9. The number of aryl methyl sites for hydroxylation is 1. The molecule has 1 N–H and O–H groups in total. The molecule has 2 nitrogen and oxygen atoms in total. The summed E-state index contributed by atoms with van der Waals surface area (Å²) in [5, 5.41) is 7.07. The lowest BCUT2D eigenvalue weighted by molar-refractivity contribution is 0.0937.